The second-order valence-corrected chi connectivity index (χ2v) is 11.9. The number of aliphatic hydroxyl groups is 1. The highest BCUT2D eigenvalue weighted by molar-refractivity contribution is 7.90. The number of nitrogens with one attached hydrogen (secondary N) is 3. The zero-order valence-corrected chi connectivity index (χ0v) is 22.0. The predicted molar refractivity (Wildman–Crippen MR) is 144 cm³/mol. The van der Waals surface area contributed by atoms with Gasteiger partial charge in [-0.15, -0.1) is 11.3 Å². The van der Waals surface area contributed by atoms with Crippen molar-refractivity contribution in [1.82, 2.24) is 15.3 Å². The molecule has 2 aromatic heterocycles. The van der Waals surface area contributed by atoms with Crippen LogP contribution in [0.4, 0.5) is 27.3 Å². The normalized spacial score (nSPS) is 12.8. The summed E-state index contributed by atoms with van der Waals surface area (Å²) >= 11 is 1.51. The second-order valence-electron chi connectivity index (χ2n) is 9.03. The molecule has 4 aromatic rings. The monoisotopic (exact) mass is 543 g/mol. The Labute approximate surface area is 217 Å². The van der Waals surface area contributed by atoms with Gasteiger partial charge in [0.25, 0.3) is 5.91 Å². The van der Waals surface area contributed by atoms with E-state index < -0.39 is 27.5 Å². The number of halogens is 1. The molecule has 12 heteroatoms. The van der Waals surface area contributed by atoms with Crippen LogP contribution < -0.4 is 16.0 Å². The van der Waals surface area contributed by atoms with Crippen molar-refractivity contribution in [3.63, 3.8) is 0 Å². The van der Waals surface area contributed by atoms with Gasteiger partial charge < -0.3 is 21.1 Å². The van der Waals surface area contributed by atoms with E-state index in [4.69, 9.17) is 0 Å². The number of hydrogen-bond donors (Lipinski definition) is 4. The first-order chi connectivity index (χ1) is 17.4. The van der Waals surface area contributed by atoms with Gasteiger partial charge in [-0.1, -0.05) is 0 Å². The first-order valence-corrected chi connectivity index (χ1v) is 14.0. The largest absolute Gasteiger partial charge is 0.387 e. The predicted octanol–water partition coefficient (Wildman–Crippen LogP) is 4.42. The molecule has 0 saturated heterocycles. The number of alkyl halides is 1. The third kappa shape index (κ3) is 6.59. The Morgan fingerprint density at radius 2 is 1.78 bits per heavy atom. The average Bonchev–Trinajstić information content (AvgIpc) is 3.29. The Hall–Kier alpha value is -3.61. The SMILES string of the molecule is CC(C)(O)C(F)CNC(=O)c1cnc(Nc2ccc3ncsc3c2)cc1Nc1ccc(S(C)(=O)=O)cc1. The first-order valence-electron chi connectivity index (χ1n) is 11.2. The number of pyridine rings is 1. The Morgan fingerprint density at radius 1 is 1.08 bits per heavy atom. The van der Waals surface area contributed by atoms with E-state index in [1.807, 2.05) is 18.2 Å². The Bertz CT molecular complexity index is 1530. The number of rotatable bonds is 9. The summed E-state index contributed by atoms with van der Waals surface area (Å²) in [5, 5.41) is 18.6. The minimum absolute atomic E-state index is 0.138. The average molecular weight is 544 g/mol. The van der Waals surface area contributed by atoms with E-state index in [1.54, 1.807) is 23.7 Å². The van der Waals surface area contributed by atoms with Crippen LogP contribution in [0.3, 0.4) is 0 Å². The molecule has 0 aliphatic rings. The van der Waals surface area contributed by atoms with Gasteiger partial charge in [-0.25, -0.2) is 22.8 Å². The highest BCUT2D eigenvalue weighted by Crippen LogP contribution is 2.28. The van der Waals surface area contributed by atoms with E-state index in [1.165, 1.54) is 43.5 Å². The topological polar surface area (TPSA) is 133 Å². The summed E-state index contributed by atoms with van der Waals surface area (Å²) in [5.41, 5.74) is 2.84. The number of nitrogens with zero attached hydrogens (tertiary/aromatic N) is 2. The number of anilines is 4. The van der Waals surface area contributed by atoms with Crippen LogP contribution >= 0.6 is 11.3 Å². The van der Waals surface area contributed by atoms with E-state index in [0.717, 1.165) is 22.2 Å². The van der Waals surface area contributed by atoms with Crippen LogP contribution in [0.5, 0.6) is 0 Å². The standard InChI is InChI=1S/C25H26FN5O4S2/c1-25(2,33)22(26)13-28-24(32)18-12-27-23(31-16-6-9-19-21(10-16)36-14-29-19)11-20(18)30-15-4-7-17(8-5-15)37(3,34)35/h4-12,14,22,33H,13H2,1-3H3,(H,28,32)(H2,27,30,31). The van der Waals surface area contributed by atoms with Gasteiger partial charge in [0.05, 0.1) is 44.0 Å². The van der Waals surface area contributed by atoms with E-state index in [9.17, 15) is 22.7 Å². The lowest BCUT2D eigenvalue weighted by molar-refractivity contribution is -0.00177. The zero-order valence-electron chi connectivity index (χ0n) is 20.3. The third-order valence-corrected chi connectivity index (χ3v) is 7.44. The molecular formula is C25H26FN5O4S2. The maximum atomic E-state index is 14.2. The van der Waals surface area contributed by atoms with Crippen molar-refractivity contribution in [3.8, 4) is 0 Å². The van der Waals surface area contributed by atoms with Crippen molar-refractivity contribution in [2.75, 3.05) is 23.4 Å². The number of carbonyl (C=O) groups is 1. The van der Waals surface area contributed by atoms with Gasteiger partial charge in [-0.3, -0.25) is 4.79 Å². The van der Waals surface area contributed by atoms with E-state index >= 15 is 0 Å². The molecule has 37 heavy (non-hydrogen) atoms. The van der Waals surface area contributed by atoms with Crippen LogP contribution in [0.2, 0.25) is 0 Å². The summed E-state index contributed by atoms with van der Waals surface area (Å²) in [5.74, 6) is -0.150. The van der Waals surface area contributed by atoms with Crippen LogP contribution in [-0.2, 0) is 9.84 Å². The van der Waals surface area contributed by atoms with E-state index in [-0.39, 0.29) is 17.0 Å². The lowest BCUT2D eigenvalue weighted by Gasteiger charge is -2.22. The van der Waals surface area contributed by atoms with Gasteiger partial charge in [0.15, 0.2) is 9.84 Å². The molecule has 2 aromatic carbocycles. The number of benzene rings is 2. The Morgan fingerprint density at radius 3 is 2.46 bits per heavy atom. The fourth-order valence-corrected chi connectivity index (χ4v) is 4.70. The summed E-state index contributed by atoms with van der Waals surface area (Å²) in [6.07, 6.45) is 0.800. The van der Waals surface area contributed by atoms with Gasteiger partial charge in [-0.05, 0) is 56.3 Å². The number of fused-ring (bicyclic) bond motifs is 1. The van der Waals surface area contributed by atoms with Crippen molar-refractivity contribution in [2.24, 2.45) is 0 Å². The molecule has 0 bridgehead atoms. The molecular weight excluding hydrogens is 517 g/mol. The fourth-order valence-electron chi connectivity index (χ4n) is 3.36. The van der Waals surface area contributed by atoms with Crippen LogP contribution in [0, 0.1) is 0 Å². The number of carbonyl (C=O) groups excluding carboxylic acids is 1. The molecule has 0 radical (unpaired) electrons. The van der Waals surface area contributed by atoms with E-state index in [2.05, 4.69) is 25.9 Å². The number of aromatic nitrogens is 2. The highest BCUT2D eigenvalue weighted by atomic mass is 32.2. The van der Waals surface area contributed by atoms with Crippen molar-refractivity contribution >= 4 is 60.2 Å². The lowest BCUT2D eigenvalue weighted by Crippen LogP contribution is -2.42. The van der Waals surface area contributed by atoms with Crippen molar-refractivity contribution in [3.05, 3.63) is 65.8 Å². The van der Waals surface area contributed by atoms with Gasteiger partial charge in [-0.2, -0.15) is 0 Å². The summed E-state index contributed by atoms with van der Waals surface area (Å²) < 4.78 is 38.8. The summed E-state index contributed by atoms with van der Waals surface area (Å²) in [6, 6.07) is 13.4. The minimum Gasteiger partial charge on any atom is -0.387 e. The summed E-state index contributed by atoms with van der Waals surface area (Å²) in [4.78, 5) is 21.7. The molecule has 0 aliphatic heterocycles. The van der Waals surface area contributed by atoms with Gasteiger partial charge in [0.1, 0.15) is 12.0 Å². The van der Waals surface area contributed by atoms with E-state index in [0.29, 0.717) is 17.2 Å². The van der Waals surface area contributed by atoms with Gasteiger partial charge >= 0.3 is 0 Å². The molecule has 0 aliphatic carbocycles. The smallest absolute Gasteiger partial charge is 0.255 e. The van der Waals surface area contributed by atoms with Crippen molar-refractivity contribution in [1.29, 1.82) is 0 Å². The lowest BCUT2D eigenvalue weighted by atomic mass is 10.0. The Balaban J connectivity index is 1.62. The molecule has 0 saturated carbocycles. The molecule has 1 atom stereocenters. The van der Waals surface area contributed by atoms with Crippen LogP contribution in [0.1, 0.15) is 24.2 Å². The summed E-state index contributed by atoms with van der Waals surface area (Å²) in [7, 11) is -3.37. The Kier molecular flexibility index (Phi) is 7.44. The van der Waals surface area contributed by atoms with Crippen LogP contribution in [0.25, 0.3) is 10.2 Å². The molecule has 4 rings (SSSR count). The zero-order chi connectivity index (χ0) is 26.8. The highest BCUT2D eigenvalue weighted by Gasteiger charge is 2.27. The molecule has 1 unspecified atom stereocenters. The maximum absolute atomic E-state index is 14.2. The minimum atomic E-state index is -3.37. The molecule has 2 heterocycles. The van der Waals surface area contributed by atoms with Crippen molar-refractivity contribution in [2.45, 2.75) is 30.5 Å². The first kappa shape index (κ1) is 26.5. The number of sulfone groups is 1. The molecule has 4 N–H and O–H groups in total. The number of thiazole rings is 1. The maximum Gasteiger partial charge on any atom is 0.255 e. The number of hydrogen-bond acceptors (Lipinski definition) is 9. The van der Waals surface area contributed by atoms with Crippen LogP contribution in [0.15, 0.2) is 65.1 Å². The fraction of sp³-hybridized carbons (Fsp3) is 0.240. The second kappa shape index (κ2) is 10.4. The third-order valence-electron chi connectivity index (χ3n) is 5.52. The quantitative estimate of drug-likeness (QED) is 0.244. The molecule has 194 valence electrons. The molecule has 0 fully saturated rings. The number of amides is 1. The summed E-state index contributed by atoms with van der Waals surface area (Å²) in [6.45, 7) is 2.25. The molecule has 9 nitrogen and oxygen atoms in total. The molecule has 1 amide bonds. The molecule has 0 spiro atoms. The van der Waals surface area contributed by atoms with Gasteiger partial charge in [0, 0.05) is 29.9 Å². The van der Waals surface area contributed by atoms with Crippen molar-refractivity contribution < 1.29 is 22.7 Å². The van der Waals surface area contributed by atoms with Gasteiger partial charge in [0.2, 0.25) is 0 Å². The van der Waals surface area contributed by atoms with Crippen LogP contribution in [-0.4, -0.2) is 54.0 Å².